The van der Waals surface area contributed by atoms with Crippen molar-refractivity contribution < 1.29 is 24.2 Å². The predicted octanol–water partition coefficient (Wildman–Crippen LogP) is 4.26. The van der Waals surface area contributed by atoms with Gasteiger partial charge < -0.3 is 20.1 Å². The Balaban J connectivity index is 1.62. The fraction of sp³-hybridized carbons (Fsp3) is 0.423. The number of nitrogens with one attached hydrogen (secondary N) is 1. The van der Waals surface area contributed by atoms with Crippen molar-refractivity contribution in [3.8, 4) is 11.1 Å². The first kappa shape index (κ1) is 24.3. The van der Waals surface area contributed by atoms with Crippen LogP contribution < -0.4 is 5.32 Å². The van der Waals surface area contributed by atoms with E-state index in [0.717, 1.165) is 22.3 Å². The SMILES string of the molecule is C[C@H](NC(=O)OCC1c2ccccc2-c2ccccc21)C(=O)N(C)C(CC(C)(C)C)C(=O)O. The highest BCUT2D eigenvalue weighted by Gasteiger charge is 2.34. The van der Waals surface area contributed by atoms with E-state index >= 15 is 0 Å². The molecule has 0 radical (unpaired) electrons. The van der Waals surface area contributed by atoms with E-state index in [0.29, 0.717) is 6.42 Å². The number of carbonyl (C=O) groups is 3. The standard InChI is InChI=1S/C26H32N2O5/c1-16(23(29)28(5)22(24(30)31)14-26(2,3)4)27-25(32)33-15-21-19-12-8-6-10-17(19)18-11-7-9-13-20(18)21/h6-13,16,21-22H,14-15H2,1-5H3,(H,27,32)(H,30,31)/t16-,22?/m0/s1. The first-order chi connectivity index (χ1) is 15.5. The Labute approximate surface area is 194 Å². The molecule has 0 fully saturated rings. The molecule has 176 valence electrons. The van der Waals surface area contributed by atoms with Crippen LogP contribution in [0.4, 0.5) is 4.79 Å². The molecule has 2 N–H and O–H groups in total. The highest BCUT2D eigenvalue weighted by atomic mass is 16.5. The molecule has 1 aliphatic rings. The van der Waals surface area contributed by atoms with Crippen LogP contribution in [0.3, 0.4) is 0 Å². The number of benzene rings is 2. The topological polar surface area (TPSA) is 95.9 Å². The fourth-order valence-corrected chi connectivity index (χ4v) is 4.31. The van der Waals surface area contributed by atoms with E-state index in [1.165, 1.54) is 18.9 Å². The maximum absolute atomic E-state index is 12.8. The lowest BCUT2D eigenvalue weighted by atomic mass is 9.87. The minimum absolute atomic E-state index is 0.0833. The van der Waals surface area contributed by atoms with Crippen molar-refractivity contribution in [1.82, 2.24) is 10.2 Å². The number of amides is 2. The Kier molecular flexibility index (Phi) is 7.10. The molecule has 1 unspecified atom stereocenters. The lowest BCUT2D eigenvalue weighted by Gasteiger charge is -2.32. The average Bonchev–Trinajstić information content (AvgIpc) is 3.08. The molecule has 33 heavy (non-hydrogen) atoms. The second-order valence-corrected chi connectivity index (χ2v) is 9.76. The van der Waals surface area contributed by atoms with Crippen molar-refractivity contribution in [2.24, 2.45) is 5.41 Å². The number of alkyl carbamates (subject to hydrolysis) is 1. The molecule has 2 aromatic rings. The predicted molar refractivity (Wildman–Crippen MR) is 126 cm³/mol. The van der Waals surface area contributed by atoms with Gasteiger partial charge in [-0.3, -0.25) is 4.79 Å². The summed E-state index contributed by atoms with van der Waals surface area (Å²) in [6, 6.07) is 14.2. The number of carboxylic acid groups (broad SMARTS) is 1. The van der Waals surface area contributed by atoms with Crippen molar-refractivity contribution in [1.29, 1.82) is 0 Å². The van der Waals surface area contributed by atoms with Crippen molar-refractivity contribution in [3.05, 3.63) is 59.7 Å². The van der Waals surface area contributed by atoms with Gasteiger partial charge in [0.15, 0.2) is 0 Å². The molecule has 0 spiro atoms. The summed E-state index contributed by atoms with van der Waals surface area (Å²) in [6.07, 6.45) is -0.420. The molecule has 7 heteroatoms. The number of nitrogens with zero attached hydrogens (tertiary/aromatic N) is 1. The van der Waals surface area contributed by atoms with Gasteiger partial charge in [0, 0.05) is 13.0 Å². The quantitative estimate of drug-likeness (QED) is 0.654. The van der Waals surface area contributed by atoms with Gasteiger partial charge in [0.25, 0.3) is 0 Å². The van der Waals surface area contributed by atoms with Crippen LogP contribution in [0.1, 0.15) is 51.2 Å². The first-order valence-corrected chi connectivity index (χ1v) is 11.1. The summed E-state index contributed by atoms with van der Waals surface area (Å²) < 4.78 is 5.49. The molecule has 3 rings (SSSR count). The molecule has 2 atom stereocenters. The van der Waals surface area contributed by atoms with Gasteiger partial charge in [0.05, 0.1) is 0 Å². The molecule has 0 bridgehead atoms. The minimum atomic E-state index is -1.07. The number of aliphatic carboxylic acids is 1. The molecular formula is C26H32N2O5. The highest BCUT2D eigenvalue weighted by Crippen LogP contribution is 2.44. The lowest BCUT2D eigenvalue weighted by molar-refractivity contribution is -0.150. The molecule has 0 saturated carbocycles. The van der Waals surface area contributed by atoms with Gasteiger partial charge in [-0.25, -0.2) is 9.59 Å². The number of ether oxygens (including phenoxy) is 1. The summed E-state index contributed by atoms with van der Waals surface area (Å²) in [4.78, 5) is 38.2. The number of carboxylic acids is 1. The summed E-state index contributed by atoms with van der Waals surface area (Å²) in [6.45, 7) is 7.41. The van der Waals surface area contributed by atoms with Crippen molar-refractivity contribution in [2.75, 3.05) is 13.7 Å². The zero-order chi connectivity index (χ0) is 24.3. The van der Waals surface area contributed by atoms with Gasteiger partial charge in [-0.2, -0.15) is 0 Å². The van der Waals surface area contributed by atoms with Crippen LogP contribution in [0, 0.1) is 5.41 Å². The average molecular weight is 453 g/mol. The van der Waals surface area contributed by atoms with Gasteiger partial charge in [-0.15, -0.1) is 0 Å². The second-order valence-electron chi connectivity index (χ2n) is 9.76. The Morgan fingerprint density at radius 3 is 2.03 bits per heavy atom. The monoisotopic (exact) mass is 452 g/mol. The maximum atomic E-state index is 12.8. The molecule has 0 heterocycles. The smallest absolute Gasteiger partial charge is 0.407 e. The molecule has 7 nitrogen and oxygen atoms in total. The molecule has 0 saturated heterocycles. The number of fused-ring (bicyclic) bond motifs is 3. The largest absolute Gasteiger partial charge is 0.480 e. The van der Waals surface area contributed by atoms with E-state index in [1.807, 2.05) is 57.2 Å². The molecule has 0 aliphatic heterocycles. The van der Waals surface area contributed by atoms with Gasteiger partial charge >= 0.3 is 12.1 Å². The van der Waals surface area contributed by atoms with E-state index in [2.05, 4.69) is 17.4 Å². The van der Waals surface area contributed by atoms with E-state index in [-0.39, 0.29) is 17.9 Å². The van der Waals surface area contributed by atoms with Crippen LogP contribution in [0.2, 0.25) is 0 Å². The Bertz CT molecular complexity index is 997. The number of rotatable bonds is 7. The van der Waals surface area contributed by atoms with Crippen LogP contribution >= 0.6 is 0 Å². The summed E-state index contributed by atoms with van der Waals surface area (Å²) in [5.74, 6) is -1.64. The van der Waals surface area contributed by atoms with Gasteiger partial charge in [-0.1, -0.05) is 69.3 Å². The van der Waals surface area contributed by atoms with E-state index in [1.54, 1.807) is 0 Å². The summed E-state index contributed by atoms with van der Waals surface area (Å²) in [7, 11) is 1.45. The van der Waals surface area contributed by atoms with Gasteiger partial charge in [0.2, 0.25) is 5.91 Å². The normalized spacial score (nSPS) is 14.6. The summed E-state index contributed by atoms with van der Waals surface area (Å²) in [5, 5.41) is 12.1. The van der Waals surface area contributed by atoms with Crippen LogP contribution in [0.5, 0.6) is 0 Å². The molecular weight excluding hydrogens is 420 g/mol. The van der Waals surface area contributed by atoms with Crippen LogP contribution in [-0.2, 0) is 14.3 Å². The Morgan fingerprint density at radius 1 is 1.03 bits per heavy atom. The molecule has 1 aliphatic carbocycles. The second kappa shape index (κ2) is 9.65. The first-order valence-electron chi connectivity index (χ1n) is 11.1. The third-order valence-corrected chi connectivity index (χ3v) is 5.95. The van der Waals surface area contributed by atoms with Gasteiger partial charge in [0.1, 0.15) is 18.7 Å². The van der Waals surface area contributed by atoms with E-state index in [9.17, 15) is 19.5 Å². The summed E-state index contributed by atoms with van der Waals surface area (Å²) >= 11 is 0. The summed E-state index contributed by atoms with van der Waals surface area (Å²) in [5.41, 5.74) is 4.18. The number of hydrogen-bond acceptors (Lipinski definition) is 4. The fourth-order valence-electron chi connectivity index (χ4n) is 4.31. The van der Waals surface area contributed by atoms with Gasteiger partial charge in [-0.05, 0) is 41.0 Å². The Morgan fingerprint density at radius 2 is 1.55 bits per heavy atom. The van der Waals surface area contributed by atoms with Crippen molar-refractivity contribution in [3.63, 3.8) is 0 Å². The molecule has 2 amide bonds. The van der Waals surface area contributed by atoms with Crippen molar-refractivity contribution >= 4 is 18.0 Å². The van der Waals surface area contributed by atoms with Crippen LogP contribution in [0.25, 0.3) is 11.1 Å². The number of carbonyl (C=O) groups excluding carboxylic acids is 2. The van der Waals surface area contributed by atoms with Crippen LogP contribution in [0.15, 0.2) is 48.5 Å². The lowest BCUT2D eigenvalue weighted by Crippen LogP contribution is -2.52. The third kappa shape index (κ3) is 5.53. The highest BCUT2D eigenvalue weighted by molar-refractivity contribution is 5.89. The minimum Gasteiger partial charge on any atom is -0.480 e. The van der Waals surface area contributed by atoms with Crippen molar-refractivity contribution in [2.45, 2.75) is 52.1 Å². The van der Waals surface area contributed by atoms with Crippen LogP contribution in [-0.4, -0.2) is 53.7 Å². The zero-order valence-corrected chi connectivity index (χ0v) is 19.8. The number of likely N-dealkylation sites (N-methyl/N-ethyl adjacent to an activating group) is 1. The Hall–Kier alpha value is -3.35. The third-order valence-electron chi connectivity index (χ3n) is 5.95. The zero-order valence-electron chi connectivity index (χ0n) is 19.8. The number of hydrogen-bond donors (Lipinski definition) is 2. The molecule has 2 aromatic carbocycles. The maximum Gasteiger partial charge on any atom is 0.407 e. The molecule has 0 aromatic heterocycles. The van der Waals surface area contributed by atoms with E-state index in [4.69, 9.17) is 4.74 Å². The van der Waals surface area contributed by atoms with E-state index < -0.39 is 30.1 Å².